The highest BCUT2D eigenvalue weighted by atomic mass is 16.5. The van der Waals surface area contributed by atoms with Crippen molar-refractivity contribution in [3.8, 4) is 5.75 Å². The van der Waals surface area contributed by atoms with E-state index in [0.717, 1.165) is 18.3 Å². The molecule has 112 valence electrons. The molecule has 2 nitrogen and oxygen atoms in total. The van der Waals surface area contributed by atoms with Gasteiger partial charge in [-0.15, -0.1) is 0 Å². The van der Waals surface area contributed by atoms with Crippen LogP contribution in [0.15, 0.2) is 18.2 Å². The normalized spacial score (nSPS) is 25.2. The van der Waals surface area contributed by atoms with Crippen molar-refractivity contribution in [1.29, 1.82) is 0 Å². The molecule has 0 bridgehead atoms. The van der Waals surface area contributed by atoms with Crippen molar-refractivity contribution in [2.24, 2.45) is 11.3 Å². The fraction of sp³-hybridized carbons (Fsp3) is 0.667. The number of anilines is 1. The smallest absolute Gasteiger partial charge is 0.119 e. The lowest BCUT2D eigenvalue weighted by Gasteiger charge is -2.40. The molecule has 0 spiro atoms. The zero-order valence-corrected chi connectivity index (χ0v) is 13.6. The summed E-state index contributed by atoms with van der Waals surface area (Å²) in [5.41, 5.74) is 3.03. The van der Waals surface area contributed by atoms with Crippen LogP contribution in [0.4, 0.5) is 5.69 Å². The van der Waals surface area contributed by atoms with Gasteiger partial charge >= 0.3 is 0 Å². The van der Waals surface area contributed by atoms with Crippen LogP contribution in [0.3, 0.4) is 0 Å². The lowest BCUT2D eigenvalue weighted by atomic mass is 9.70. The van der Waals surface area contributed by atoms with Gasteiger partial charge in [0.2, 0.25) is 0 Å². The molecule has 2 unspecified atom stereocenters. The van der Waals surface area contributed by atoms with Crippen molar-refractivity contribution < 1.29 is 4.74 Å². The highest BCUT2D eigenvalue weighted by molar-refractivity contribution is 5.54. The minimum absolute atomic E-state index is 0.505. The summed E-state index contributed by atoms with van der Waals surface area (Å²) < 4.78 is 5.55. The average Bonchev–Trinajstić information content (AvgIpc) is 2.35. The maximum Gasteiger partial charge on any atom is 0.119 e. The van der Waals surface area contributed by atoms with Crippen molar-refractivity contribution in [2.75, 3.05) is 11.9 Å². The molecule has 1 aromatic carbocycles. The van der Waals surface area contributed by atoms with Crippen molar-refractivity contribution in [3.05, 3.63) is 23.8 Å². The fourth-order valence-corrected chi connectivity index (χ4v) is 3.42. The average molecular weight is 275 g/mol. The van der Waals surface area contributed by atoms with Gasteiger partial charge in [0, 0.05) is 11.7 Å². The van der Waals surface area contributed by atoms with Crippen LogP contribution in [-0.2, 0) is 0 Å². The van der Waals surface area contributed by atoms with Gasteiger partial charge in [0.15, 0.2) is 0 Å². The van der Waals surface area contributed by atoms with Gasteiger partial charge in [-0.3, -0.25) is 0 Å². The number of aryl methyl sites for hydroxylation is 1. The van der Waals surface area contributed by atoms with Gasteiger partial charge in [-0.1, -0.05) is 20.8 Å². The molecule has 0 aliphatic heterocycles. The van der Waals surface area contributed by atoms with E-state index in [9.17, 15) is 0 Å². The Labute approximate surface area is 123 Å². The number of hydrogen-bond acceptors (Lipinski definition) is 2. The van der Waals surface area contributed by atoms with Crippen molar-refractivity contribution in [3.63, 3.8) is 0 Å². The number of nitrogens with one attached hydrogen (secondary N) is 1. The second-order valence-electron chi connectivity index (χ2n) is 7.04. The molecule has 0 radical (unpaired) electrons. The summed E-state index contributed by atoms with van der Waals surface area (Å²) in [6.07, 6.45) is 3.88. The molecular weight excluding hydrogens is 246 g/mol. The Morgan fingerprint density at radius 2 is 2.10 bits per heavy atom. The lowest BCUT2D eigenvalue weighted by molar-refractivity contribution is 0.177. The number of rotatable bonds is 4. The molecule has 0 aromatic heterocycles. The van der Waals surface area contributed by atoms with E-state index in [1.165, 1.54) is 30.5 Å². The van der Waals surface area contributed by atoms with Gasteiger partial charge in [-0.05, 0) is 68.2 Å². The third-order valence-corrected chi connectivity index (χ3v) is 4.54. The molecule has 20 heavy (non-hydrogen) atoms. The predicted molar refractivity (Wildman–Crippen MR) is 86.6 cm³/mol. The molecule has 2 atom stereocenters. The van der Waals surface area contributed by atoms with Gasteiger partial charge in [-0.25, -0.2) is 0 Å². The van der Waals surface area contributed by atoms with Crippen molar-refractivity contribution in [2.45, 2.75) is 59.9 Å². The molecule has 2 rings (SSSR count). The van der Waals surface area contributed by atoms with Crippen LogP contribution in [0.25, 0.3) is 0 Å². The summed E-state index contributed by atoms with van der Waals surface area (Å²) in [4.78, 5) is 0. The molecule has 1 aromatic rings. The second kappa shape index (κ2) is 6.07. The van der Waals surface area contributed by atoms with Gasteiger partial charge in [0.05, 0.1) is 6.61 Å². The van der Waals surface area contributed by atoms with Gasteiger partial charge in [-0.2, -0.15) is 0 Å². The van der Waals surface area contributed by atoms with Crippen LogP contribution < -0.4 is 10.1 Å². The maximum atomic E-state index is 5.55. The van der Waals surface area contributed by atoms with E-state index in [4.69, 9.17) is 4.74 Å². The second-order valence-corrected chi connectivity index (χ2v) is 7.04. The number of ether oxygens (including phenoxy) is 1. The minimum atomic E-state index is 0.505. The van der Waals surface area contributed by atoms with E-state index in [2.05, 4.69) is 51.2 Å². The summed E-state index contributed by atoms with van der Waals surface area (Å²) in [7, 11) is 0. The number of benzene rings is 1. The Balaban J connectivity index is 2.03. The Morgan fingerprint density at radius 3 is 2.70 bits per heavy atom. The van der Waals surface area contributed by atoms with Gasteiger partial charge in [0.25, 0.3) is 0 Å². The molecule has 1 saturated carbocycles. The first-order valence-electron chi connectivity index (χ1n) is 7.91. The van der Waals surface area contributed by atoms with Crippen LogP contribution in [0.2, 0.25) is 0 Å². The van der Waals surface area contributed by atoms with Crippen molar-refractivity contribution in [1.82, 2.24) is 0 Å². The summed E-state index contributed by atoms with van der Waals surface area (Å²) in [5, 5.41) is 3.75. The van der Waals surface area contributed by atoms with E-state index in [1.54, 1.807) is 0 Å². The SMILES string of the molecule is CCOc1ccc(NC2CCC(C)(C)CC2C)c(C)c1. The first-order valence-corrected chi connectivity index (χ1v) is 7.91. The Bertz CT molecular complexity index is 453. The monoisotopic (exact) mass is 275 g/mol. The lowest BCUT2D eigenvalue weighted by Crippen LogP contribution is -2.37. The molecule has 1 aliphatic rings. The fourth-order valence-electron chi connectivity index (χ4n) is 3.42. The highest BCUT2D eigenvalue weighted by Gasteiger charge is 2.32. The molecule has 0 saturated heterocycles. The molecule has 1 N–H and O–H groups in total. The summed E-state index contributed by atoms with van der Waals surface area (Å²) in [5.74, 6) is 1.69. The highest BCUT2D eigenvalue weighted by Crippen LogP contribution is 2.39. The van der Waals surface area contributed by atoms with Crippen LogP contribution in [-0.4, -0.2) is 12.6 Å². The Morgan fingerprint density at radius 1 is 1.35 bits per heavy atom. The van der Waals surface area contributed by atoms with Crippen LogP contribution in [0, 0.1) is 18.3 Å². The summed E-state index contributed by atoms with van der Waals surface area (Å²) in [6, 6.07) is 6.95. The third-order valence-electron chi connectivity index (χ3n) is 4.54. The van der Waals surface area contributed by atoms with Crippen LogP contribution in [0.1, 0.15) is 52.5 Å². The number of hydrogen-bond donors (Lipinski definition) is 1. The van der Waals surface area contributed by atoms with Crippen LogP contribution >= 0.6 is 0 Å². The van der Waals surface area contributed by atoms with E-state index in [0.29, 0.717) is 11.5 Å². The Kier molecular flexibility index (Phi) is 4.62. The third kappa shape index (κ3) is 3.68. The topological polar surface area (TPSA) is 21.3 Å². The molecule has 1 aliphatic carbocycles. The Hall–Kier alpha value is -1.18. The van der Waals surface area contributed by atoms with E-state index in [1.807, 2.05) is 6.92 Å². The molecule has 0 amide bonds. The maximum absolute atomic E-state index is 5.55. The first-order chi connectivity index (χ1) is 9.41. The van der Waals surface area contributed by atoms with Gasteiger partial charge in [0.1, 0.15) is 5.75 Å². The summed E-state index contributed by atoms with van der Waals surface area (Å²) in [6.45, 7) is 12.1. The summed E-state index contributed by atoms with van der Waals surface area (Å²) >= 11 is 0. The molecule has 2 heteroatoms. The molecular formula is C18H29NO. The van der Waals surface area contributed by atoms with Gasteiger partial charge < -0.3 is 10.1 Å². The van der Waals surface area contributed by atoms with Crippen molar-refractivity contribution >= 4 is 5.69 Å². The van der Waals surface area contributed by atoms with E-state index >= 15 is 0 Å². The molecule has 0 heterocycles. The van der Waals surface area contributed by atoms with E-state index < -0.39 is 0 Å². The predicted octanol–water partition coefficient (Wildman–Crippen LogP) is 5.02. The minimum Gasteiger partial charge on any atom is -0.494 e. The van der Waals surface area contributed by atoms with E-state index in [-0.39, 0.29) is 0 Å². The first kappa shape index (κ1) is 15.2. The largest absolute Gasteiger partial charge is 0.494 e. The standard InChI is InChI=1S/C18H29NO/c1-6-20-15-7-8-16(13(2)11-15)19-17-9-10-18(4,5)12-14(17)3/h7-8,11,14,17,19H,6,9-10,12H2,1-5H3. The molecule has 1 fully saturated rings. The quantitative estimate of drug-likeness (QED) is 0.833. The van der Waals surface area contributed by atoms with Crippen LogP contribution in [0.5, 0.6) is 5.75 Å². The zero-order chi connectivity index (χ0) is 14.8. The zero-order valence-electron chi connectivity index (χ0n) is 13.6.